The van der Waals surface area contributed by atoms with Crippen molar-refractivity contribution in [3.05, 3.63) is 0 Å². The van der Waals surface area contributed by atoms with E-state index in [1.54, 1.807) is 7.11 Å². The summed E-state index contributed by atoms with van der Waals surface area (Å²) in [6.07, 6.45) is 1.52. The van der Waals surface area contributed by atoms with Gasteiger partial charge in [-0.25, -0.2) is 0 Å². The van der Waals surface area contributed by atoms with Gasteiger partial charge in [0.15, 0.2) is 0 Å². The summed E-state index contributed by atoms with van der Waals surface area (Å²) in [6.45, 7) is 4.73. The molecular formula is C9H19NO3. The number of ether oxygens (including phenoxy) is 3. The second kappa shape index (κ2) is 7.26. The van der Waals surface area contributed by atoms with E-state index < -0.39 is 0 Å². The van der Waals surface area contributed by atoms with E-state index in [0.29, 0.717) is 32.5 Å². The maximum Gasteiger partial charge on any atom is 0.0712 e. The minimum atomic E-state index is 0.394. The van der Waals surface area contributed by atoms with E-state index in [-0.39, 0.29) is 0 Å². The van der Waals surface area contributed by atoms with Gasteiger partial charge in [0, 0.05) is 13.7 Å². The second-order valence-corrected chi connectivity index (χ2v) is 3.09. The van der Waals surface area contributed by atoms with Gasteiger partial charge < -0.3 is 19.5 Å². The van der Waals surface area contributed by atoms with Crippen molar-refractivity contribution in [2.45, 2.75) is 12.5 Å². The molecule has 4 nitrogen and oxygen atoms in total. The highest BCUT2D eigenvalue weighted by atomic mass is 16.5. The average molecular weight is 189 g/mol. The molecule has 0 bridgehead atoms. The fourth-order valence-electron chi connectivity index (χ4n) is 1.29. The number of methoxy groups -OCH3 is 1. The average Bonchev–Trinajstić information content (AvgIpc) is 2.63. The maximum absolute atomic E-state index is 5.55. The summed E-state index contributed by atoms with van der Waals surface area (Å²) in [5.74, 6) is 0. The Morgan fingerprint density at radius 1 is 1.23 bits per heavy atom. The fraction of sp³-hybridized carbons (Fsp3) is 1.00. The third-order valence-corrected chi connectivity index (χ3v) is 2.03. The summed E-state index contributed by atoms with van der Waals surface area (Å²) in [7, 11) is 1.67. The first-order valence-electron chi connectivity index (χ1n) is 4.82. The number of nitrogens with one attached hydrogen (secondary N) is 1. The molecule has 1 saturated heterocycles. The van der Waals surface area contributed by atoms with Gasteiger partial charge in [-0.1, -0.05) is 0 Å². The molecule has 0 aromatic heterocycles. The van der Waals surface area contributed by atoms with E-state index >= 15 is 0 Å². The van der Waals surface area contributed by atoms with Crippen molar-refractivity contribution in [2.24, 2.45) is 0 Å². The van der Waals surface area contributed by atoms with Crippen molar-refractivity contribution < 1.29 is 14.2 Å². The van der Waals surface area contributed by atoms with E-state index in [1.165, 1.54) is 0 Å². The van der Waals surface area contributed by atoms with Crippen LogP contribution < -0.4 is 5.32 Å². The molecule has 0 aliphatic carbocycles. The summed E-state index contributed by atoms with van der Waals surface area (Å²) in [6, 6.07) is 0. The molecule has 4 heteroatoms. The molecule has 13 heavy (non-hydrogen) atoms. The molecule has 1 rings (SSSR count). The molecule has 0 saturated carbocycles. The van der Waals surface area contributed by atoms with E-state index in [0.717, 1.165) is 19.5 Å². The Kier molecular flexibility index (Phi) is 6.10. The molecule has 78 valence electrons. The van der Waals surface area contributed by atoms with E-state index in [2.05, 4.69) is 5.32 Å². The smallest absolute Gasteiger partial charge is 0.0712 e. The Bertz CT molecular complexity index is 115. The van der Waals surface area contributed by atoms with E-state index in [4.69, 9.17) is 14.2 Å². The number of hydrogen-bond donors (Lipinski definition) is 1. The molecule has 1 atom stereocenters. The molecule has 1 aliphatic rings. The first kappa shape index (κ1) is 10.9. The molecule has 1 heterocycles. The maximum atomic E-state index is 5.55. The van der Waals surface area contributed by atoms with Crippen LogP contribution in [0.5, 0.6) is 0 Å². The highest BCUT2D eigenvalue weighted by Gasteiger charge is 2.13. The quantitative estimate of drug-likeness (QED) is 0.573. The summed E-state index contributed by atoms with van der Waals surface area (Å²) in [4.78, 5) is 0. The minimum Gasteiger partial charge on any atom is -0.382 e. The van der Waals surface area contributed by atoms with Crippen LogP contribution in [0.25, 0.3) is 0 Å². The normalized spacial score (nSPS) is 22.4. The van der Waals surface area contributed by atoms with Crippen molar-refractivity contribution in [2.75, 3.05) is 46.6 Å². The zero-order chi connectivity index (χ0) is 9.36. The van der Waals surface area contributed by atoms with Crippen LogP contribution in [-0.4, -0.2) is 52.7 Å². The van der Waals surface area contributed by atoms with Gasteiger partial charge in [-0.2, -0.15) is 0 Å². The molecule has 1 fully saturated rings. The van der Waals surface area contributed by atoms with Gasteiger partial charge in [-0.05, 0) is 13.0 Å². The summed E-state index contributed by atoms with van der Waals surface area (Å²) < 4.78 is 15.7. The predicted octanol–water partition coefficient (Wildman–Crippen LogP) is 0.0279. The van der Waals surface area contributed by atoms with Crippen LogP contribution in [0.1, 0.15) is 6.42 Å². The highest BCUT2D eigenvalue weighted by Crippen LogP contribution is 2.01. The zero-order valence-corrected chi connectivity index (χ0v) is 8.25. The van der Waals surface area contributed by atoms with E-state index in [9.17, 15) is 0 Å². The minimum absolute atomic E-state index is 0.394. The summed E-state index contributed by atoms with van der Waals surface area (Å²) >= 11 is 0. The lowest BCUT2D eigenvalue weighted by Crippen LogP contribution is -2.19. The number of hydrogen-bond acceptors (Lipinski definition) is 4. The molecule has 0 aromatic carbocycles. The molecule has 0 unspecified atom stereocenters. The van der Waals surface area contributed by atoms with Gasteiger partial charge >= 0.3 is 0 Å². The van der Waals surface area contributed by atoms with Crippen LogP contribution in [0, 0.1) is 0 Å². The standard InChI is InChI=1S/C9H19NO3/c1-11-4-5-12-6-7-13-9-2-3-10-8-9/h9-10H,2-8H2,1H3/t9-/m0/s1. The van der Waals surface area contributed by atoms with Gasteiger partial charge in [0.1, 0.15) is 0 Å². The molecule has 1 N–H and O–H groups in total. The Labute approximate surface area is 79.5 Å². The fourth-order valence-corrected chi connectivity index (χ4v) is 1.29. The first-order valence-corrected chi connectivity index (χ1v) is 4.82. The second-order valence-electron chi connectivity index (χ2n) is 3.09. The van der Waals surface area contributed by atoms with Crippen molar-refractivity contribution in [3.8, 4) is 0 Å². The van der Waals surface area contributed by atoms with Crippen LogP contribution in [0.4, 0.5) is 0 Å². The lowest BCUT2D eigenvalue weighted by atomic mass is 10.3. The van der Waals surface area contributed by atoms with Gasteiger partial charge in [0.05, 0.1) is 32.5 Å². The molecular weight excluding hydrogens is 170 g/mol. The largest absolute Gasteiger partial charge is 0.382 e. The van der Waals surface area contributed by atoms with Crippen LogP contribution in [0.15, 0.2) is 0 Å². The van der Waals surface area contributed by atoms with Gasteiger partial charge in [-0.3, -0.25) is 0 Å². The third kappa shape index (κ3) is 5.21. The topological polar surface area (TPSA) is 39.7 Å². The summed E-state index contributed by atoms with van der Waals surface area (Å²) in [5, 5.41) is 3.25. The molecule has 0 spiro atoms. The molecule has 0 amide bonds. The Morgan fingerprint density at radius 2 is 2.08 bits per heavy atom. The third-order valence-electron chi connectivity index (χ3n) is 2.03. The molecule has 0 radical (unpaired) electrons. The van der Waals surface area contributed by atoms with Crippen molar-refractivity contribution in [3.63, 3.8) is 0 Å². The summed E-state index contributed by atoms with van der Waals surface area (Å²) in [5.41, 5.74) is 0. The molecule has 0 aromatic rings. The monoisotopic (exact) mass is 189 g/mol. The van der Waals surface area contributed by atoms with Crippen LogP contribution in [0.2, 0.25) is 0 Å². The van der Waals surface area contributed by atoms with Gasteiger partial charge in [-0.15, -0.1) is 0 Å². The van der Waals surface area contributed by atoms with Gasteiger partial charge in [0.2, 0.25) is 0 Å². The molecule has 1 aliphatic heterocycles. The highest BCUT2D eigenvalue weighted by molar-refractivity contribution is 4.70. The van der Waals surface area contributed by atoms with E-state index in [1.807, 2.05) is 0 Å². The van der Waals surface area contributed by atoms with Crippen LogP contribution >= 0.6 is 0 Å². The first-order chi connectivity index (χ1) is 6.43. The Morgan fingerprint density at radius 3 is 2.77 bits per heavy atom. The van der Waals surface area contributed by atoms with Crippen LogP contribution in [0.3, 0.4) is 0 Å². The number of rotatable bonds is 7. The zero-order valence-electron chi connectivity index (χ0n) is 8.25. The van der Waals surface area contributed by atoms with Crippen LogP contribution in [-0.2, 0) is 14.2 Å². The SMILES string of the molecule is COCCOCCO[C@H]1CCNC1. The lowest BCUT2D eigenvalue weighted by molar-refractivity contribution is 0.000263. The van der Waals surface area contributed by atoms with Crippen molar-refractivity contribution >= 4 is 0 Å². The Balaban J connectivity index is 1.78. The van der Waals surface area contributed by atoms with Crippen molar-refractivity contribution in [1.29, 1.82) is 0 Å². The van der Waals surface area contributed by atoms with Gasteiger partial charge in [0.25, 0.3) is 0 Å². The predicted molar refractivity (Wildman–Crippen MR) is 49.9 cm³/mol. The lowest BCUT2D eigenvalue weighted by Gasteiger charge is -2.10. The van der Waals surface area contributed by atoms with Crippen molar-refractivity contribution in [1.82, 2.24) is 5.32 Å². The Hall–Kier alpha value is -0.160.